The summed E-state index contributed by atoms with van der Waals surface area (Å²) in [6.07, 6.45) is 0.459. The van der Waals surface area contributed by atoms with Gasteiger partial charge in [-0.1, -0.05) is 11.6 Å². The second-order valence-corrected chi connectivity index (χ2v) is 7.81. The summed E-state index contributed by atoms with van der Waals surface area (Å²) in [5.41, 5.74) is 8.54. The van der Waals surface area contributed by atoms with Crippen molar-refractivity contribution < 1.29 is 23.7 Å². The van der Waals surface area contributed by atoms with E-state index < -0.39 is 6.16 Å². The number of methoxy groups -OCH3 is 1. The summed E-state index contributed by atoms with van der Waals surface area (Å²) in [6.45, 7) is 3.65. The highest BCUT2D eigenvalue weighted by molar-refractivity contribution is 6.32. The highest BCUT2D eigenvalue weighted by Crippen LogP contribution is 2.37. The van der Waals surface area contributed by atoms with Crippen LogP contribution in [0.4, 0.5) is 10.5 Å². The number of nitrogens with zero attached hydrogens (tertiary/aromatic N) is 1. The smallest absolute Gasteiger partial charge is 0.456 e. The number of ether oxygens (including phenoxy) is 4. The number of carbonyl (C=O) groups excluding carboxylic acids is 1. The second-order valence-electron chi connectivity index (χ2n) is 7.41. The number of H-pyrrole nitrogens is 1. The molecule has 0 aliphatic heterocycles. The molecule has 8 nitrogen and oxygen atoms in total. The predicted molar refractivity (Wildman–Crippen MR) is 122 cm³/mol. The third-order valence-electron chi connectivity index (χ3n) is 4.65. The van der Waals surface area contributed by atoms with Crippen molar-refractivity contribution in [3.8, 4) is 17.4 Å². The molecule has 2 aromatic carbocycles. The molecule has 0 radical (unpaired) electrons. The van der Waals surface area contributed by atoms with E-state index in [1.165, 1.54) is 0 Å². The van der Waals surface area contributed by atoms with E-state index in [0.29, 0.717) is 27.8 Å². The molecule has 0 aliphatic rings. The molecule has 2 aromatic heterocycles. The molecule has 3 N–H and O–H groups in total. The fourth-order valence-electron chi connectivity index (χ4n) is 3.37. The number of hydrogen-bond acceptors (Lipinski definition) is 7. The number of nitrogens with two attached hydrogens (primary N) is 1. The van der Waals surface area contributed by atoms with E-state index in [1.807, 2.05) is 18.2 Å². The first kappa shape index (κ1) is 21.7. The van der Waals surface area contributed by atoms with E-state index in [4.69, 9.17) is 36.3 Å². The first-order chi connectivity index (χ1) is 15.4. The predicted octanol–water partition coefficient (Wildman–Crippen LogP) is 5.81. The van der Waals surface area contributed by atoms with Crippen LogP contribution in [-0.4, -0.2) is 29.3 Å². The molecule has 9 heteroatoms. The van der Waals surface area contributed by atoms with Crippen molar-refractivity contribution >= 4 is 45.2 Å². The normalized spacial score (nSPS) is 11.3. The van der Waals surface area contributed by atoms with E-state index in [9.17, 15) is 4.79 Å². The number of carbonyl (C=O) groups is 1. The average Bonchev–Trinajstić information content (AvgIpc) is 3.09. The first-order valence-electron chi connectivity index (χ1n) is 9.89. The lowest BCUT2D eigenvalue weighted by molar-refractivity contribution is 0.0705. The van der Waals surface area contributed by atoms with E-state index in [-0.39, 0.29) is 18.6 Å². The van der Waals surface area contributed by atoms with Gasteiger partial charge >= 0.3 is 6.16 Å². The van der Waals surface area contributed by atoms with Crippen LogP contribution in [0.1, 0.15) is 19.4 Å². The van der Waals surface area contributed by atoms with Crippen LogP contribution in [0.3, 0.4) is 0 Å². The van der Waals surface area contributed by atoms with Gasteiger partial charge in [0.2, 0.25) is 5.88 Å². The van der Waals surface area contributed by atoms with Crippen molar-refractivity contribution in [2.75, 3.05) is 12.8 Å². The van der Waals surface area contributed by atoms with Crippen molar-refractivity contribution in [1.82, 2.24) is 9.97 Å². The molecule has 0 aliphatic carbocycles. The number of rotatable bonds is 6. The maximum absolute atomic E-state index is 12.1. The summed E-state index contributed by atoms with van der Waals surface area (Å²) in [5, 5.41) is 2.06. The Labute approximate surface area is 189 Å². The van der Waals surface area contributed by atoms with Crippen LogP contribution >= 0.6 is 11.6 Å². The van der Waals surface area contributed by atoms with Gasteiger partial charge in [-0.05, 0) is 50.2 Å². The number of aromatic amines is 1. The summed E-state index contributed by atoms with van der Waals surface area (Å²) in [4.78, 5) is 19.7. The number of anilines is 1. The van der Waals surface area contributed by atoms with E-state index in [1.54, 1.807) is 45.4 Å². The fraction of sp³-hybridized carbons (Fsp3) is 0.217. The largest absolute Gasteiger partial charge is 0.515 e. The van der Waals surface area contributed by atoms with Gasteiger partial charge in [0.1, 0.15) is 11.5 Å². The number of halogens is 1. The molecule has 0 saturated carbocycles. The highest BCUT2D eigenvalue weighted by atomic mass is 35.5. The lowest BCUT2D eigenvalue weighted by atomic mass is 10.1. The Kier molecular flexibility index (Phi) is 6.07. The SMILES string of the molecule is COCc1c(OC(=O)OC(C)C)ncc2[nH]c3ccc(Oc4ccc(N)cc4Cl)cc3c12. The van der Waals surface area contributed by atoms with Gasteiger partial charge < -0.3 is 29.7 Å². The molecular weight excluding hydrogens is 434 g/mol. The second kappa shape index (κ2) is 8.94. The Bertz CT molecular complexity index is 1300. The van der Waals surface area contributed by atoms with Crippen molar-refractivity contribution in [1.29, 1.82) is 0 Å². The zero-order valence-corrected chi connectivity index (χ0v) is 18.5. The number of fused-ring (bicyclic) bond motifs is 3. The molecule has 2 heterocycles. The van der Waals surface area contributed by atoms with E-state index in [2.05, 4.69) is 9.97 Å². The average molecular weight is 456 g/mol. The summed E-state index contributed by atoms with van der Waals surface area (Å²) < 4.78 is 21.8. The minimum absolute atomic E-state index is 0.124. The molecule has 4 aromatic rings. The fourth-order valence-corrected chi connectivity index (χ4v) is 3.60. The summed E-state index contributed by atoms with van der Waals surface area (Å²) in [6, 6.07) is 10.6. The number of aromatic nitrogens is 2. The topological polar surface area (TPSA) is 109 Å². The number of pyridine rings is 1. The summed E-state index contributed by atoms with van der Waals surface area (Å²) in [5.74, 6) is 1.19. The molecule has 0 atom stereocenters. The third kappa shape index (κ3) is 4.42. The Balaban J connectivity index is 1.79. The van der Waals surface area contributed by atoms with Gasteiger partial charge in [-0.2, -0.15) is 0 Å². The Morgan fingerprint density at radius 1 is 1.19 bits per heavy atom. The summed E-state index contributed by atoms with van der Waals surface area (Å²) in [7, 11) is 1.56. The zero-order valence-electron chi connectivity index (χ0n) is 17.8. The van der Waals surface area contributed by atoms with Crippen LogP contribution in [0.5, 0.6) is 17.4 Å². The van der Waals surface area contributed by atoms with Crippen LogP contribution in [0.15, 0.2) is 42.6 Å². The Morgan fingerprint density at radius 3 is 2.72 bits per heavy atom. The van der Waals surface area contributed by atoms with Crippen molar-refractivity contribution in [3.05, 3.63) is 53.2 Å². The minimum atomic E-state index is -0.828. The van der Waals surface area contributed by atoms with Crippen molar-refractivity contribution in [3.63, 3.8) is 0 Å². The molecule has 32 heavy (non-hydrogen) atoms. The molecule has 0 amide bonds. The molecular formula is C23H22ClN3O5. The highest BCUT2D eigenvalue weighted by Gasteiger charge is 2.19. The number of nitrogen functional groups attached to an aromatic ring is 1. The van der Waals surface area contributed by atoms with Crippen LogP contribution in [0, 0.1) is 0 Å². The number of benzene rings is 2. The standard InChI is InChI=1S/C23H22ClN3O5/c1-12(2)30-23(28)32-22-16(11-29-3)21-15-9-14(5-6-18(15)27-19(21)10-26-22)31-20-7-4-13(25)8-17(20)24/h4-10,12,27H,11,25H2,1-3H3. The van der Waals surface area contributed by atoms with Crippen LogP contribution in [0.25, 0.3) is 21.8 Å². The quantitative estimate of drug-likeness (QED) is 0.278. The van der Waals surface area contributed by atoms with Crippen LogP contribution in [-0.2, 0) is 16.1 Å². The lowest BCUT2D eigenvalue weighted by Gasteiger charge is -2.12. The third-order valence-corrected chi connectivity index (χ3v) is 4.95. The first-order valence-corrected chi connectivity index (χ1v) is 10.3. The van der Waals surface area contributed by atoms with Gasteiger partial charge in [0, 0.05) is 29.1 Å². The van der Waals surface area contributed by atoms with Gasteiger partial charge in [-0.15, -0.1) is 0 Å². The monoisotopic (exact) mass is 455 g/mol. The van der Waals surface area contributed by atoms with Crippen molar-refractivity contribution in [2.24, 2.45) is 0 Å². The van der Waals surface area contributed by atoms with E-state index in [0.717, 1.165) is 21.8 Å². The molecule has 4 rings (SSSR count). The minimum Gasteiger partial charge on any atom is -0.456 e. The van der Waals surface area contributed by atoms with Crippen LogP contribution < -0.4 is 15.2 Å². The van der Waals surface area contributed by atoms with Crippen molar-refractivity contribution in [2.45, 2.75) is 26.6 Å². The molecule has 0 fully saturated rings. The maximum Gasteiger partial charge on any atom is 0.515 e. The summed E-state index contributed by atoms with van der Waals surface area (Å²) >= 11 is 6.25. The zero-order chi connectivity index (χ0) is 22.8. The van der Waals surface area contributed by atoms with Gasteiger partial charge in [0.15, 0.2) is 0 Å². The Hall–Kier alpha value is -3.49. The van der Waals surface area contributed by atoms with Gasteiger partial charge in [-0.25, -0.2) is 9.78 Å². The maximum atomic E-state index is 12.1. The van der Waals surface area contributed by atoms with Crippen LogP contribution in [0.2, 0.25) is 5.02 Å². The number of nitrogens with one attached hydrogen (secondary N) is 1. The molecule has 166 valence electrons. The lowest BCUT2D eigenvalue weighted by Crippen LogP contribution is -2.17. The molecule has 0 saturated heterocycles. The van der Waals surface area contributed by atoms with Gasteiger partial charge in [0.25, 0.3) is 0 Å². The van der Waals surface area contributed by atoms with Gasteiger partial charge in [-0.3, -0.25) is 0 Å². The van der Waals surface area contributed by atoms with E-state index >= 15 is 0 Å². The van der Waals surface area contributed by atoms with Gasteiger partial charge in [0.05, 0.1) is 35.0 Å². The molecule has 0 spiro atoms. The Morgan fingerprint density at radius 2 is 2.00 bits per heavy atom. The number of hydrogen-bond donors (Lipinski definition) is 2. The molecule has 0 unspecified atom stereocenters. The molecule has 0 bridgehead atoms.